The summed E-state index contributed by atoms with van der Waals surface area (Å²) in [5.74, 6) is 0.851. The Hall–Kier alpha value is -0.730. The molecule has 2 N–H and O–H groups in total. The fourth-order valence-electron chi connectivity index (χ4n) is 1.37. The number of aryl methyl sites for hydroxylation is 1. The van der Waals surface area contributed by atoms with E-state index in [1.165, 1.54) is 5.56 Å². The lowest BCUT2D eigenvalue weighted by atomic mass is 10.1. The van der Waals surface area contributed by atoms with Crippen LogP contribution in [-0.2, 0) is 6.42 Å². The van der Waals surface area contributed by atoms with Gasteiger partial charge in [0.25, 0.3) is 0 Å². The molecule has 1 rings (SSSR count). The molecule has 0 fully saturated rings. The standard InChI is InChI=1S/C11H16ClNO/c1-8-10(12)6-9(4-3-5-13)7-11(8)14-2/h6-7H,3-5,13H2,1-2H3. The first-order valence-electron chi connectivity index (χ1n) is 4.72. The van der Waals surface area contributed by atoms with E-state index in [2.05, 4.69) is 0 Å². The van der Waals surface area contributed by atoms with Crippen molar-refractivity contribution in [2.75, 3.05) is 13.7 Å². The van der Waals surface area contributed by atoms with E-state index in [-0.39, 0.29) is 0 Å². The molecule has 0 radical (unpaired) electrons. The van der Waals surface area contributed by atoms with E-state index in [1.54, 1.807) is 7.11 Å². The maximum absolute atomic E-state index is 6.07. The van der Waals surface area contributed by atoms with Gasteiger partial charge >= 0.3 is 0 Å². The molecular weight excluding hydrogens is 198 g/mol. The Morgan fingerprint density at radius 3 is 2.71 bits per heavy atom. The van der Waals surface area contributed by atoms with Gasteiger partial charge in [0.2, 0.25) is 0 Å². The molecule has 0 amide bonds. The number of ether oxygens (including phenoxy) is 1. The first-order valence-corrected chi connectivity index (χ1v) is 5.10. The van der Waals surface area contributed by atoms with Gasteiger partial charge in [-0.2, -0.15) is 0 Å². The zero-order valence-corrected chi connectivity index (χ0v) is 9.40. The van der Waals surface area contributed by atoms with Crippen molar-refractivity contribution in [1.82, 2.24) is 0 Å². The summed E-state index contributed by atoms with van der Waals surface area (Å²) < 4.78 is 5.23. The molecule has 0 bridgehead atoms. The quantitative estimate of drug-likeness (QED) is 0.835. The second-order valence-corrected chi connectivity index (χ2v) is 3.70. The van der Waals surface area contributed by atoms with Gasteiger partial charge in [-0.1, -0.05) is 11.6 Å². The highest BCUT2D eigenvalue weighted by molar-refractivity contribution is 6.31. The summed E-state index contributed by atoms with van der Waals surface area (Å²) in [6, 6.07) is 4.01. The van der Waals surface area contributed by atoms with E-state index in [0.717, 1.165) is 29.2 Å². The Balaban J connectivity index is 2.91. The molecule has 3 heteroatoms. The molecule has 0 aromatic heterocycles. The number of rotatable bonds is 4. The first kappa shape index (κ1) is 11.3. The summed E-state index contributed by atoms with van der Waals surface area (Å²) in [5, 5.41) is 0.761. The van der Waals surface area contributed by atoms with Crippen molar-refractivity contribution >= 4 is 11.6 Å². The van der Waals surface area contributed by atoms with E-state index < -0.39 is 0 Å². The fraction of sp³-hybridized carbons (Fsp3) is 0.455. The van der Waals surface area contributed by atoms with Crippen molar-refractivity contribution in [3.8, 4) is 5.75 Å². The Kier molecular flexibility index (Phi) is 4.23. The SMILES string of the molecule is COc1cc(CCCN)cc(Cl)c1C. The minimum atomic E-state index is 0.702. The minimum absolute atomic E-state index is 0.702. The maximum Gasteiger partial charge on any atom is 0.123 e. The topological polar surface area (TPSA) is 35.2 Å². The second kappa shape index (κ2) is 5.23. The summed E-state index contributed by atoms with van der Waals surface area (Å²) in [4.78, 5) is 0. The molecule has 0 saturated carbocycles. The van der Waals surface area contributed by atoms with Gasteiger partial charge in [0.15, 0.2) is 0 Å². The molecule has 0 heterocycles. The molecular formula is C11H16ClNO. The second-order valence-electron chi connectivity index (χ2n) is 3.30. The van der Waals surface area contributed by atoms with Gasteiger partial charge in [0.05, 0.1) is 7.11 Å². The highest BCUT2D eigenvalue weighted by Gasteiger charge is 2.05. The third-order valence-corrected chi connectivity index (χ3v) is 2.64. The van der Waals surface area contributed by atoms with Gasteiger partial charge in [-0.15, -0.1) is 0 Å². The van der Waals surface area contributed by atoms with Crippen LogP contribution in [0.3, 0.4) is 0 Å². The molecule has 0 saturated heterocycles. The van der Waals surface area contributed by atoms with Crippen LogP contribution in [0.4, 0.5) is 0 Å². The van der Waals surface area contributed by atoms with Gasteiger partial charge in [-0.05, 0) is 44.0 Å². The average Bonchev–Trinajstić information content (AvgIpc) is 2.19. The molecule has 78 valence electrons. The highest BCUT2D eigenvalue weighted by Crippen LogP contribution is 2.27. The van der Waals surface area contributed by atoms with Crippen molar-refractivity contribution in [2.24, 2.45) is 5.73 Å². The predicted molar refractivity (Wildman–Crippen MR) is 60.1 cm³/mol. The number of hydrogen-bond donors (Lipinski definition) is 1. The van der Waals surface area contributed by atoms with Gasteiger partial charge in [0.1, 0.15) is 5.75 Å². The molecule has 2 nitrogen and oxygen atoms in total. The van der Waals surface area contributed by atoms with Gasteiger partial charge < -0.3 is 10.5 Å². The lowest BCUT2D eigenvalue weighted by Gasteiger charge is -2.09. The summed E-state index contributed by atoms with van der Waals surface area (Å²) in [6.45, 7) is 2.65. The number of hydrogen-bond acceptors (Lipinski definition) is 2. The monoisotopic (exact) mass is 213 g/mol. The summed E-state index contributed by atoms with van der Waals surface area (Å²) in [5.41, 5.74) is 7.63. The molecule has 0 atom stereocenters. The Bertz CT molecular complexity index is 312. The normalized spacial score (nSPS) is 10.3. The van der Waals surface area contributed by atoms with E-state index >= 15 is 0 Å². The average molecular weight is 214 g/mol. The smallest absolute Gasteiger partial charge is 0.123 e. The van der Waals surface area contributed by atoms with Crippen molar-refractivity contribution in [1.29, 1.82) is 0 Å². The van der Waals surface area contributed by atoms with Crippen LogP contribution in [0.2, 0.25) is 5.02 Å². The van der Waals surface area contributed by atoms with Crippen LogP contribution in [-0.4, -0.2) is 13.7 Å². The van der Waals surface area contributed by atoms with Gasteiger partial charge in [-0.25, -0.2) is 0 Å². The number of halogens is 1. The molecule has 0 aliphatic rings. The highest BCUT2D eigenvalue weighted by atomic mass is 35.5. The molecule has 1 aromatic rings. The van der Waals surface area contributed by atoms with Crippen LogP contribution in [0, 0.1) is 6.92 Å². The van der Waals surface area contributed by atoms with Crippen LogP contribution >= 0.6 is 11.6 Å². The van der Waals surface area contributed by atoms with Crippen molar-refractivity contribution in [3.05, 3.63) is 28.3 Å². The zero-order valence-electron chi connectivity index (χ0n) is 8.64. The van der Waals surface area contributed by atoms with Crippen LogP contribution in [0.1, 0.15) is 17.5 Å². The molecule has 0 spiro atoms. The molecule has 0 aliphatic carbocycles. The van der Waals surface area contributed by atoms with Crippen LogP contribution < -0.4 is 10.5 Å². The van der Waals surface area contributed by atoms with Crippen molar-refractivity contribution in [3.63, 3.8) is 0 Å². The Morgan fingerprint density at radius 1 is 1.43 bits per heavy atom. The van der Waals surface area contributed by atoms with E-state index in [0.29, 0.717) is 6.54 Å². The molecule has 0 unspecified atom stereocenters. The molecule has 14 heavy (non-hydrogen) atoms. The van der Waals surface area contributed by atoms with Gasteiger partial charge in [-0.3, -0.25) is 0 Å². The van der Waals surface area contributed by atoms with Crippen molar-refractivity contribution < 1.29 is 4.74 Å². The molecule has 0 aliphatic heterocycles. The number of nitrogens with two attached hydrogens (primary N) is 1. The van der Waals surface area contributed by atoms with Crippen LogP contribution in [0.15, 0.2) is 12.1 Å². The number of methoxy groups -OCH3 is 1. The fourth-order valence-corrected chi connectivity index (χ4v) is 1.60. The molecule has 1 aromatic carbocycles. The summed E-state index contributed by atoms with van der Waals surface area (Å²) >= 11 is 6.07. The summed E-state index contributed by atoms with van der Waals surface area (Å²) in [6.07, 6.45) is 1.93. The third-order valence-electron chi connectivity index (χ3n) is 2.25. The lowest BCUT2D eigenvalue weighted by Crippen LogP contribution is -2.01. The van der Waals surface area contributed by atoms with Crippen LogP contribution in [0.5, 0.6) is 5.75 Å². The third kappa shape index (κ3) is 2.63. The Labute approximate surface area is 90.0 Å². The number of benzene rings is 1. The lowest BCUT2D eigenvalue weighted by molar-refractivity contribution is 0.411. The zero-order chi connectivity index (χ0) is 10.6. The van der Waals surface area contributed by atoms with Crippen molar-refractivity contribution in [2.45, 2.75) is 19.8 Å². The van der Waals surface area contributed by atoms with E-state index in [4.69, 9.17) is 22.1 Å². The minimum Gasteiger partial charge on any atom is -0.496 e. The maximum atomic E-state index is 6.07. The predicted octanol–water partition coefficient (Wildman–Crippen LogP) is 2.55. The Morgan fingerprint density at radius 2 is 2.14 bits per heavy atom. The summed E-state index contributed by atoms with van der Waals surface area (Å²) in [7, 11) is 1.66. The van der Waals surface area contributed by atoms with Crippen LogP contribution in [0.25, 0.3) is 0 Å². The largest absolute Gasteiger partial charge is 0.496 e. The first-order chi connectivity index (χ1) is 6.69. The van der Waals surface area contributed by atoms with E-state index in [9.17, 15) is 0 Å². The van der Waals surface area contributed by atoms with E-state index in [1.807, 2.05) is 19.1 Å². The van der Waals surface area contributed by atoms with Gasteiger partial charge in [0, 0.05) is 10.6 Å².